The van der Waals surface area contributed by atoms with E-state index >= 15 is 0 Å². The maximum Gasteiger partial charge on any atom is 0.317 e. The van der Waals surface area contributed by atoms with Gasteiger partial charge in [0.25, 0.3) is 0 Å². The summed E-state index contributed by atoms with van der Waals surface area (Å²) in [6.07, 6.45) is 13.1. The van der Waals surface area contributed by atoms with E-state index in [0.717, 1.165) is 32.1 Å². The number of Topliss-reactive ketones (excluding diaryl/α,β-unsaturated/α-hetero) is 1. The van der Waals surface area contributed by atoms with Crippen LogP contribution in [0.15, 0.2) is 0 Å². The molecule has 2 unspecified atom stereocenters. The standard InChI is InChI=1S/C23H41NO4/c1-4-7-9-11-13-15-17-24-20(16-14-12-10-8-5-2)22(26)19(18-21(24)25)23(27)28-6-3/h19-20H,4-18H2,1-3H3. The van der Waals surface area contributed by atoms with E-state index in [4.69, 9.17) is 4.74 Å². The number of carbonyl (C=O) groups excluding carboxylic acids is 3. The van der Waals surface area contributed by atoms with Gasteiger partial charge in [-0.2, -0.15) is 0 Å². The first-order valence-electron chi connectivity index (χ1n) is 11.6. The van der Waals surface area contributed by atoms with Gasteiger partial charge in [0.1, 0.15) is 5.92 Å². The van der Waals surface area contributed by atoms with Crippen LogP contribution < -0.4 is 0 Å². The predicted octanol–water partition coefficient (Wildman–Crippen LogP) is 5.06. The van der Waals surface area contributed by atoms with Crippen LogP contribution in [0.5, 0.6) is 0 Å². The molecule has 162 valence electrons. The fourth-order valence-electron chi connectivity index (χ4n) is 3.98. The highest BCUT2D eigenvalue weighted by Gasteiger charge is 2.44. The first kappa shape index (κ1) is 24.6. The van der Waals surface area contributed by atoms with Crippen molar-refractivity contribution in [3.05, 3.63) is 0 Å². The molecule has 0 radical (unpaired) electrons. The molecule has 0 saturated carbocycles. The monoisotopic (exact) mass is 395 g/mol. The van der Waals surface area contributed by atoms with Gasteiger partial charge in [-0.1, -0.05) is 78.1 Å². The highest BCUT2D eigenvalue weighted by Crippen LogP contribution is 2.26. The zero-order valence-electron chi connectivity index (χ0n) is 18.3. The summed E-state index contributed by atoms with van der Waals surface area (Å²) < 4.78 is 5.05. The Morgan fingerprint density at radius 2 is 1.46 bits per heavy atom. The van der Waals surface area contributed by atoms with Crippen LogP contribution >= 0.6 is 0 Å². The third-order valence-electron chi connectivity index (χ3n) is 5.65. The molecule has 1 amide bonds. The van der Waals surface area contributed by atoms with Crippen molar-refractivity contribution in [2.45, 2.75) is 110 Å². The molecule has 0 aromatic carbocycles. The second-order valence-electron chi connectivity index (χ2n) is 7.98. The molecular formula is C23H41NO4. The van der Waals surface area contributed by atoms with Gasteiger partial charge in [0, 0.05) is 13.0 Å². The Kier molecular flexibility index (Phi) is 12.8. The molecule has 1 heterocycles. The number of hydrogen-bond acceptors (Lipinski definition) is 4. The maximum atomic E-state index is 13.0. The van der Waals surface area contributed by atoms with E-state index in [0.29, 0.717) is 13.0 Å². The van der Waals surface area contributed by atoms with Crippen LogP contribution in [0.4, 0.5) is 0 Å². The number of carbonyl (C=O) groups is 3. The molecule has 2 atom stereocenters. The molecular weight excluding hydrogens is 354 g/mol. The van der Waals surface area contributed by atoms with Gasteiger partial charge in [-0.25, -0.2) is 0 Å². The number of ether oxygens (including phenoxy) is 1. The Balaban J connectivity index is 2.67. The molecule has 28 heavy (non-hydrogen) atoms. The van der Waals surface area contributed by atoms with Crippen LogP contribution in [0.3, 0.4) is 0 Å². The third kappa shape index (κ3) is 8.32. The van der Waals surface area contributed by atoms with Crippen molar-refractivity contribution in [1.82, 2.24) is 4.90 Å². The summed E-state index contributed by atoms with van der Waals surface area (Å²) in [6.45, 7) is 6.97. The largest absolute Gasteiger partial charge is 0.465 e. The van der Waals surface area contributed by atoms with Crippen molar-refractivity contribution in [3.63, 3.8) is 0 Å². The Bertz CT molecular complexity index is 477. The summed E-state index contributed by atoms with van der Waals surface area (Å²) in [5, 5.41) is 0. The van der Waals surface area contributed by atoms with Gasteiger partial charge in [-0.15, -0.1) is 0 Å². The van der Waals surface area contributed by atoms with Gasteiger partial charge < -0.3 is 9.64 Å². The molecule has 0 N–H and O–H groups in total. The molecule has 0 bridgehead atoms. The molecule has 0 aromatic heterocycles. The zero-order chi connectivity index (χ0) is 20.8. The van der Waals surface area contributed by atoms with E-state index < -0.39 is 17.9 Å². The van der Waals surface area contributed by atoms with Crippen molar-refractivity contribution in [3.8, 4) is 0 Å². The van der Waals surface area contributed by atoms with E-state index in [2.05, 4.69) is 13.8 Å². The van der Waals surface area contributed by atoms with Crippen LogP contribution in [0.2, 0.25) is 0 Å². The molecule has 5 nitrogen and oxygen atoms in total. The zero-order valence-corrected chi connectivity index (χ0v) is 18.3. The van der Waals surface area contributed by atoms with Crippen molar-refractivity contribution < 1.29 is 19.1 Å². The van der Waals surface area contributed by atoms with Crippen LogP contribution in [-0.4, -0.2) is 41.8 Å². The van der Waals surface area contributed by atoms with Gasteiger partial charge in [0.15, 0.2) is 5.78 Å². The number of hydrogen-bond donors (Lipinski definition) is 0. The normalized spacial score (nSPS) is 19.9. The lowest BCUT2D eigenvalue weighted by molar-refractivity contribution is -0.162. The average Bonchev–Trinajstić information content (AvgIpc) is 2.68. The Labute approximate surface area is 171 Å². The first-order valence-corrected chi connectivity index (χ1v) is 11.6. The SMILES string of the molecule is CCCCCCCCN1C(=O)CC(C(=O)OCC)C(=O)C1CCCCCCC. The molecule has 0 aliphatic carbocycles. The second kappa shape index (κ2) is 14.6. The number of amides is 1. The van der Waals surface area contributed by atoms with Gasteiger partial charge in [0.05, 0.1) is 12.6 Å². The molecule has 0 spiro atoms. The van der Waals surface area contributed by atoms with Crippen molar-refractivity contribution >= 4 is 17.7 Å². The number of rotatable bonds is 15. The molecule has 5 heteroatoms. The van der Waals surface area contributed by atoms with Gasteiger partial charge in [0.2, 0.25) is 5.91 Å². The second-order valence-corrected chi connectivity index (χ2v) is 7.98. The third-order valence-corrected chi connectivity index (χ3v) is 5.65. The number of likely N-dealkylation sites (tertiary alicyclic amines) is 1. The summed E-state index contributed by atoms with van der Waals surface area (Å²) in [6, 6.07) is -0.451. The highest BCUT2D eigenvalue weighted by molar-refractivity contribution is 6.08. The molecule has 1 fully saturated rings. The minimum atomic E-state index is -0.908. The van der Waals surface area contributed by atoms with Crippen LogP contribution in [0, 0.1) is 5.92 Å². The lowest BCUT2D eigenvalue weighted by Gasteiger charge is -2.37. The van der Waals surface area contributed by atoms with Crippen LogP contribution in [-0.2, 0) is 19.1 Å². The quantitative estimate of drug-likeness (QED) is 0.221. The Morgan fingerprint density at radius 3 is 2.07 bits per heavy atom. The molecule has 1 aliphatic heterocycles. The first-order chi connectivity index (χ1) is 13.6. The summed E-state index contributed by atoms with van der Waals surface area (Å²) >= 11 is 0. The van der Waals surface area contributed by atoms with E-state index in [1.165, 1.54) is 38.5 Å². The van der Waals surface area contributed by atoms with E-state index in [-0.39, 0.29) is 24.7 Å². The lowest BCUT2D eigenvalue weighted by Crippen LogP contribution is -2.55. The van der Waals surface area contributed by atoms with Gasteiger partial charge in [-0.3, -0.25) is 14.4 Å². The van der Waals surface area contributed by atoms with E-state index in [9.17, 15) is 14.4 Å². The molecule has 0 aromatic rings. The van der Waals surface area contributed by atoms with Crippen molar-refractivity contribution in [1.29, 1.82) is 0 Å². The Morgan fingerprint density at radius 1 is 0.893 bits per heavy atom. The Hall–Kier alpha value is -1.39. The van der Waals surface area contributed by atoms with E-state index in [1.807, 2.05) is 0 Å². The number of unbranched alkanes of at least 4 members (excludes halogenated alkanes) is 9. The number of esters is 1. The summed E-state index contributed by atoms with van der Waals surface area (Å²) in [5.74, 6) is -1.62. The smallest absolute Gasteiger partial charge is 0.317 e. The summed E-state index contributed by atoms with van der Waals surface area (Å²) in [7, 11) is 0. The summed E-state index contributed by atoms with van der Waals surface area (Å²) in [5.41, 5.74) is 0. The van der Waals surface area contributed by atoms with Crippen LogP contribution in [0.1, 0.15) is 104 Å². The van der Waals surface area contributed by atoms with Gasteiger partial charge in [-0.05, 0) is 19.8 Å². The molecule has 1 aliphatic rings. The topological polar surface area (TPSA) is 63.7 Å². The maximum absolute atomic E-state index is 13.0. The lowest BCUT2D eigenvalue weighted by atomic mass is 9.86. The average molecular weight is 396 g/mol. The van der Waals surface area contributed by atoms with Gasteiger partial charge >= 0.3 is 5.97 Å². The van der Waals surface area contributed by atoms with Crippen molar-refractivity contribution in [2.24, 2.45) is 5.92 Å². The van der Waals surface area contributed by atoms with Crippen LogP contribution in [0.25, 0.3) is 0 Å². The number of piperidine rings is 1. The molecule has 1 rings (SSSR count). The molecule has 1 saturated heterocycles. The number of ketones is 1. The summed E-state index contributed by atoms with van der Waals surface area (Å²) in [4.78, 5) is 39.7. The predicted molar refractivity (Wildman–Crippen MR) is 112 cm³/mol. The minimum Gasteiger partial charge on any atom is -0.465 e. The number of nitrogens with zero attached hydrogens (tertiary/aromatic N) is 1. The fourth-order valence-corrected chi connectivity index (χ4v) is 3.98. The fraction of sp³-hybridized carbons (Fsp3) is 0.870. The highest BCUT2D eigenvalue weighted by atomic mass is 16.5. The minimum absolute atomic E-state index is 0.0279. The van der Waals surface area contributed by atoms with E-state index in [1.54, 1.807) is 11.8 Å². The van der Waals surface area contributed by atoms with Crippen molar-refractivity contribution in [2.75, 3.05) is 13.2 Å².